The average molecular weight is 313 g/mol. The predicted octanol–water partition coefficient (Wildman–Crippen LogP) is -1.91. The first-order chi connectivity index (χ1) is 5.75. The fourth-order valence-corrected chi connectivity index (χ4v) is 3.62. The lowest BCUT2D eigenvalue weighted by atomic mass is 9.75. The number of hydrogen-bond donors (Lipinski definition) is 1. The van der Waals surface area contributed by atoms with Crippen LogP contribution in [0, 0.1) is 11.8 Å². The van der Waals surface area contributed by atoms with Crippen LogP contribution in [0.25, 0.3) is 0 Å². The number of hydrogen-bond acceptors (Lipinski definition) is 0. The summed E-state index contributed by atoms with van der Waals surface area (Å²) in [5.41, 5.74) is 0. The molecule has 0 bridgehead atoms. The summed E-state index contributed by atoms with van der Waals surface area (Å²) in [6.45, 7) is 2.84. The quantitative estimate of drug-likeness (QED) is 0.498. The fraction of sp³-hybridized carbons (Fsp3) is 1.00. The Balaban J connectivity index is 0.000000845. The van der Waals surface area contributed by atoms with Gasteiger partial charge >= 0.3 is 0 Å². The summed E-state index contributed by atoms with van der Waals surface area (Å²) in [7, 11) is 2.34. The molecule has 0 radical (unpaired) electrons. The molecule has 4 atom stereocenters. The van der Waals surface area contributed by atoms with Gasteiger partial charge in [-0.3, -0.25) is 0 Å². The van der Waals surface area contributed by atoms with E-state index in [1.807, 2.05) is 0 Å². The van der Waals surface area contributed by atoms with Crippen LogP contribution in [0.4, 0.5) is 0 Å². The van der Waals surface area contributed by atoms with Gasteiger partial charge in [0.05, 0.1) is 20.1 Å². The average Bonchev–Trinajstić information content (AvgIpc) is 2.05. The molecule has 78 valence electrons. The molecule has 0 amide bonds. The molecule has 1 aliphatic carbocycles. The van der Waals surface area contributed by atoms with Gasteiger partial charge in [0.25, 0.3) is 0 Å². The van der Waals surface area contributed by atoms with Crippen molar-refractivity contribution in [2.75, 3.05) is 20.1 Å². The minimum absolute atomic E-state index is 0. The second-order valence-corrected chi connectivity index (χ2v) is 5.93. The molecule has 1 N–H and O–H groups in total. The normalized spacial score (nSPS) is 44.8. The van der Waals surface area contributed by atoms with Gasteiger partial charge in [-0.05, 0) is 31.6 Å². The molecule has 0 spiro atoms. The lowest BCUT2D eigenvalue weighted by Gasteiger charge is -2.39. The molecule has 4 unspecified atom stereocenters. The maximum Gasteiger partial charge on any atom is 0.0800 e. The van der Waals surface area contributed by atoms with Crippen LogP contribution in [0.3, 0.4) is 0 Å². The van der Waals surface area contributed by atoms with Crippen molar-refractivity contribution in [3.63, 3.8) is 0 Å². The number of fused-ring (bicyclic) bond motifs is 1. The Hall–Kier alpha value is 0.920. The van der Waals surface area contributed by atoms with Crippen molar-refractivity contribution in [3.8, 4) is 0 Å². The summed E-state index contributed by atoms with van der Waals surface area (Å²) >= 11 is 3.76. The monoisotopic (exact) mass is 311 g/mol. The summed E-state index contributed by atoms with van der Waals surface area (Å²) in [5, 5.41) is 0. The highest BCUT2D eigenvalue weighted by atomic mass is 79.9. The van der Waals surface area contributed by atoms with E-state index in [9.17, 15) is 0 Å². The molecule has 0 aromatic carbocycles. The van der Waals surface area contributed by atoms with Crippen LogP contribution in [0.5, 0.6) is 0 Å². The second-order valence-electron chi connectivity index (χ2n) is 4.63. The third-order valence-electron chi connectivity index (χ3n) is 3.63. The van der Waals surface area contributed by atoms with Gasteiger partial charge in [-0.25, -0.2) is 0 Å². The van der Waals surface area contributed by atoms with Crippen molar-refractivity contribution >= 4 is 15.9 Å². The Morgan fingerprint density at radius 3 is 2.69 bits per heavy atom. The van der Waals surface area contributed by atoms with E-state index in [1.54, 1.807) is 4.90 Å². The van der Waals surface area contributed by atoms with Crippen molar-refractivity contribution in [1.29, 1.82) is 0 Å². The molecule has 0 aromatic rings. The maximum absolute atomic E-state index is 3.76. The van der Waals surface area contributed by atoms with Crippen LogP contribution >= 0.6 is 15.9 Å². The number of rotatable bonds is 0. The highest BCUT2D eigenvalue weighted by molar-refractivity contribution is 9.09. The smallest absolute Gasteiger partial charge is 0.0800 e. The van der Waals surface area contributed by atoms with E-state index in [-0.39, 0.29) is 17.0 Å². The highest BCUT2D eigenvalue weighted by Crippen LogP contribution is 2.35. The topological polar surface area (TPSA) is 4.44 Å². The standard InChI is InChI=1S/C10H18BrN.BrH/c1-12-5-4-8-6-10(11)3-2-9(8)7-12;/h8-10H,2-7H2,1H3;1H. The Morgan fingerprint density at radius 1 is 1.15 bits per heavy atom. The highest BCUT2D eigenvalue weighted by Gasteiger charge is 2.34. The molecular formula is C10H19Br2N. The largest absolute Gasteiger partial charge is 1.00 e. The minimum atomic E-state index is 0. The van der Waals surface area contributed by atoms with E-state index in [4.69, 9.17) is 0 Å². The zero-order valence-electron chi connectivity index (χ0n) is 8.23. The Kier molecular flexibility index (Phi) is 4.73. The molecule has 1 aliphatic heterocycles. The maximum atomic E-state index is 3.76. The number of nitrogens with one attached hydrogen (secondary N) is 1. The zero-order valence-corrected chi connectivity index (χ0v) is 11.4. The molecule has 1 nitrogen and oxygen atoms in total. The zero-order chi connectivity index (χ0) is 8.55. The SMILES string of the molecule is C[NH+]1CCC2CC(Br)CCC2C1.[Br-]. The summed E-state index contributed by atoms with van der Waals surface area (Å²) < 4.78 is 0. The molecule has 2 aliphatic rings. The first-order valence-electron chi connectivity index (χ1n) is 5.21. The van der Waals surface area contributed by atoms with Gasteiger partial charge in [-0.15, -0.1) is 0 Å². The van der Waals surface area contributed by atoms with Crippen molar-refractivity contribution in [3.05, 3.63) is 0 Å². The Labute approximate surface area is 100 Å². The van der Waals surface area contributed by atoms with Gasteiger partial charge in [0.1, 0.15) is 0 Å². The Morgan fingerprint density at radius 2 is 1.92 bits per heavy atom. The van der Waals surface area contributed by atoms with Crippen molar-refractivity contribution in [2.24, 2.45) is 11.8 Å². The van der Waals surface area contributed by atoms with Gasteiger partial charge in [-0.2, -0.15) is 0 Å². The lowest BCUT2D eigenvalue weighted by Crippen LogP contribution is -3.11. The summed E-state index contributed by atoms with van der Waals surface area (Å²) in [4.78, 5) is 2.58. The molecule has 1 saturated heterocycles. The van der Waals surface area contributed by atoms with Crippen LogP contribution < -0.4 is 21.9 Å². The van der Waals surface area contributed by atoms with Gasteiger partial charge in [-0.1, -0.05) is 15.9 Å². The van der Waals surface area contributed by atoms with Gasteiger partial charge in [0, 0.05) is 10.7 Å². The van der Waals surface area contributed by atoms with Crippen LogP contribution in [0.15, 0.2) is 0 Å². The number of piperidine rings is 1. The van der Waals surface area contributed by atoms with E-state index in [1.165, 1.54) is 38.8 Å². The summed E-state index contributed by atoms with van der Waals surface area (Å²) in [6.07, 6.45) is 5.79. The second kappa shape index (κ2) is 5.13. The number of halogens is 2. The molecule has 3 heteroatoms. The predicted molar refractivity (Wildman–Crippen MR) is 54.8 cm³/mol. The molecule has 13 heavy (non-hydrogen) atoms. The van der Waals surface area contributed by atoms with E-state index in [0.717, 1.165) is 16.7 Å². The molecule has 0 aromatic heterocycles. The lowest BCUT2D eigenvalue weighted by molar-refractivity contribution is -0.890. The first kappa shape index (κ1) is 12.0. The summed E-state index contributed by atoms with van der Waals surface area (Å²) in [5.74, 6) is 2.10. The first-order valence-corrected chi connectivity index (χ1v) is 6.12. The molecule has 1 heterocycles. The number of alkyl halides is 1. The van der Waals surface area contributed by atoms with E-state index in [2.05, 4.69) is 23.0 Å². The molecule has 2 fully saturated rings. The van der Waals surface area contributed by atoms with Crippen LogP contribution in [-0.4, -0.2) is 25.0 Å². The summed E-state index contributed by atoms with van der Waals surface area (Å²) in [6, 6.07) is 0. The van der Waals surface area contributed by atoms with E-state index >= 15 is 0 Å². The van der Waals surface area contributed by atoms with Crippen molar-refractivity contribution < 1.29 is 21.9 Å². The van der Waals surface area contributed by atoms with Crippen LogP contribution in [0.2, 0.25) is 0 Å². The minimum Gasteiger partial charge on any atom is -1.00 e. The van der Waals surface area contributed by atoms with Crippen LogP contribution in [-0.2, 0) is 0 Å². The molecule has 2 rings (SSSR count). The number of quaternary nitrogens is 1. The van der Waals surface area contributed by atoms with Crippen LogP contribution in [0.1, 0.15) is 25.7 Å². The van der Waals surface area contributed by atoms with E-state index < -0.39 is 0 Å². The molecular weight excluding hydrogens is 294 g/mol. The van der Waals surface area contributed by atoms with Gasteiger partial charge < -0.3 is 21.9 Å². The van der Waals surface area contributed by atoms with Crippen molar-refractivity contribution in [2.45, 2.75) is 30.5 Å². The van der Waals surface area contributed by atoms with E-state index in [0.29, 0.717) is 0 Å². The van der Waals surface area contributed by atoms with Gasteiger partial charge in [0.2, 0.25) is 0 Å². The third kappa shape index (κ3) is 2.93. The fourth-order valence-electron chi connectivity index (χ4n) is 2.87. The molecule has 1 saturated carbocycles. The van der Waals surface area contributed by atoms with Gasteiger partial charge in [0.15, 0.2) is 0 Å². The van der Waals surface area contributed by atoms with Crippen molar-refractivity contribution in [1.82, 2.24) is 0 Å². The number of likely N-dealkylation sites (tertiary alicyclic amines) is 1. The third-order valence-corrected chi connectivity index (χ3v) is 4.46. The Bertz CT molecular complexity index is 145.